The number of hydrogen-bond acceptors (Lipinski definition) is 7. The number of sulfonamides is 1. The zero-order chi connectivity index (χ0) is 33.3. The summed E-state index contributed by atoms with van der Waals surface area (Å²) < 4.78 is 40.6. The Balaban J connectivity index is 1.65. The summed E-state index contributed by atoms with van der Waals surface area (Å²) in [6.45, 7) is 6.00. The second-order valence-corrected chi connectivity index (χ2v) is 14.0. The van der Waals surface area contributed by atoms with E-state index in [1.165, 1.54) is 11.4 Å². The molecule has 0 aromatic heterocycles. The lowest BCUT2D eigenvalue weighted by Crippen LogP contribution is -2.48. The van der Waals surface area contributed by atoms with Crippen molar-refractivity contribution in [2.45, 2.75) is 63.2 Å². The third kappa shape index (κ3) is 8.94. The van der Waals surface area contributed by atoms with Crippen LogP contribution < -0.4 is 10.1 Å². The molecule has 0 saturated heterocycles. The molecular weight excluding hydrogens is 606 g/mol. The number of benzene rings is 3. The lowest BCUT2D eigenvalue weighted by Gasteiger charge is -2.35. The summed E-state index contributed by atoms with van der Waals surface area (Å²) in [6, 6.07) is 21.5. The van der Waals surface area contributed by atoms with Gasteiger partial charge in [-0.05, 0) is 75.6 Å². The molecular formula is C35H45N3O7S. The maximum Gasteiger partial charge on any atom is 0.258 e. The Bertz CT molecular complexity index is 1550. The molecule has 10 nitrogen and oxygen atoms in total. The number of rotatable bonds is 8. The van der Waals surface area contributed by atoms with Crippen molar-refractivity contribution >= 4 is 27.5 Å². The zero-order valence-electron chi connectivity index (χ0n) is 27.0. The summed E-state index contributed by atoms with van der Waals surface area (Å²) in [5, 5.41) is 13.1. The first-order chi connectivity index (χ1) is 22.0. The van der Waals surface area contributed by atoms with Crippen molar-refractivity contribution in [3.05, 3.63) is 90.0 Å². The van der Waals surface area contributed by atoms with Gasteiger partial charge in [0.15, 0.2) is 0 Å². The van der Waals surface area contributed by atoms with E-state index in [0.717, 1.165) is 12.8 Å². The molecule has 4 rings (SSSR count). The van der Waals surface area contributed by atoms with Gasteiger partial charge in [0.25, 0.3) is 11.8 Å². The summed E-state index contributed by atoms with van der Waals surface area (Å²) in [5.41, 5.74) is 1.16. The number of nitrogens with zero attached hydrogens (tertiary/aromatic N) is 2. The van der Waals surface area contributed by atoms with E-state index in [4.69, 9.17) is 9.47 Å². The van der Waals surface area contributed by atoms with Crippen LogP contribution in [0.15, 0.2) is 83.8 Å². The van der Waals surface area contributed by atoms with Crippen molar-refractivity contribution in [1.29, 1.82) is 0 Å². The normalized spacial score (nSPS) is 20.7. The monoisotopic (exact) mass is 651 g/mol. The van der Waals surface area contributed by atoms with Gasteiger partial charge in [0.2, 0.25) is 10.0 Å². The number of amides is 2. The van der Waals surface area contributed by atoms with Crippen molar-refractivity contribution in [1.82, 2.24) is 9.21 Å². The first kappa shape index (κ1) is 35.1. The zero-order valence-corrected chi connectivity index (χ0v) is 27.8. The van der Waals surface area contributed by atoms with Crippen LogP contribution in [0.1, 0.15) is 60.7 Å². The molecule has 11 heteroatoms. The summed E-state index contributed by atoms with van der Waals surface area (Å²) in [7, 11) is -2.24. The fourth-order valence-electron chi connectivity index (χ4n) is 5.38. The quantitative estimate of drug-likeness (QED) is 0.349. The number of ether oxygens (including phenoxy) is 2. The van der Waals surface area contributed by atoms with Gasteiger partial charge in [0.05, 0.1) is 35.3 Å². The summed E-state index contributed by atoms with van der Waals surface area (Å²) in [5.74, 6) is -0.616. The Hall–Kier alpha value is -3.77. The highest BCUT2D eigenvalue weighted by atomic mass is 32.2. The van der Waals surface area contributed by atoms with Gasteiger partial charge in [-0.25, -0.2) is 8.42 Å². The molecule has 3 aromatic rings. The van der Waals surface area contributed by atoms with Crippen LogP contribution in [-0.2, 0) is 14.8 Å². The Morgan fingerprint density at radius 3 is 2.39 bits per heavy atom. The molecule has 0 fully saturated rings. The second-order valence-electron chi connectivity index (χ2n) is 11.9. The highest BCUT2D eigenvalue weighted by Crippen LogP contribution is 2.29. The fraction of sp³-hybridized carbons (Fsp3) is 0.429. The average molecular weight is 652 g/mol. The van der Waals surface area contributed by atoms with Gasteiger partial charge >= 0.3 is 0 Å². The number of aliphatic hydroxyl groups excluding tert-OH is 1. The second kappa shape index (κ2) is 16.2. The van der Waals surface area contributed by atoms with Gasteiger partial charge in [0, 0.05) is 43.9 Å². The number of fused-ring (bicyclic) bond motifs is 1. The van der Waals surface area contributed by atoms with Gasteiger partial charge in [-0.2, -0.15) is 4.31 Å². The maximum absolute atomic E-state index is 14.3. The molecule has 0 bridgehead atoms. The topological polar surface area (TPSA) is 125 Å². The van der Waals surface area contributed by atoms with Crippen LogP contribution in [0, 0.1) is 5.92 Å². The smallest absolute Gasteiger partial charge is 0.258 e. The number of carbonyl (C=O) groups is 2. The molecule has 1 heterocycles. The Kier molecular flexibility index (Phi) is 12.3. The number of carbonyl (C=O) groups excluding carboxylic acids is 2. The van der Waals surface area contributed by atoms with Crippen molar-refractivity contribution in [3.8, 4) is 5.75 Å². The molecule has 3 aromatic carbocycles. The number of aliphatic hydroxyl groups is 1. The van der Waals surface area contributed by atoms with E-state index in [2.05, 4.69) is 5.32 Å². The lowest BCUT2D eigenvalue weighted by atomic mass is 10.0. The van der Waals surface area contributed by atoms with Crippen molar-refractivity contribution < 1.29 is 32.6 Å². The van der Waals surface area contributed by atoms with Gasteiger partial charge in [-0.3, -0.25) is 9.59 Å². The van der Waals surface area contributed by atoms with Gasteiger partial charge in [-0.1, -0.05) is 43.3 Å². The standard InChI is InChI=1S/C35H45N3O7S/c1-25-22-38(26(2)24-39)35(41)31-21-29(36-34(40)28-14-7-5-8-15-28)18-19-32(31)45-27(3)13-11-12-20-44-33(25)23-37(4)46(42,43)30-16-9-6-10-17-30/h5-10,14-19,21,25-27,33,39H,11-13,20,22-24H2,1-4H3,(H,36,40)/t25-,26+,27+,33-/m0/s1. The van der Waals surface area contributed by atoms with E-state index in [9.17, 15) is 23.1 Å². The lowest BCUT2D eigenvalue weighted by molar-refractivity contribution is -0.00834. The molecule has 0 radical (unpaired) electrons. The van der Waals surface area contributed by atoms with E-state index in [1.54, 1.807) is 84.6 Å². The minimum absolute atomic E-state index is 0.0830. The van der Waals surface area contributed by atoms with Gasteiger partial charge < -0.3 is 24.8 Å². The number of anilines is 1. The molecule has 1 aliphatic heterocycles. The van der Waals surface area contributed by atoms with Crippen LogP contribution >= 0.6 is 0 Å². The summed E-state index contributed by atoms with van der Waals surface area (Å²) in [6.07, 6.45) is 1.53. The van der Waals surface area contributed by atoms with Crippen LogP contribution in [0.3, 0.4) is 0 Å². The first-order valence-corrected chi connectivity index (χ1v) is 17.2. The number of nitrogens with one attached hydrogen (secondary N) is 1. The van der Waals surface area contributed by atoms with Crippen LogP contribution in [0.5, 0.6) is 5.75 Å². The fourth-order valence-corrected chi connectivity index (χ4v) is 6.58. The van der Waals surface area contributed by atoms with Crippen molar-refractivity contribution in [3.63, 3.8) is 0 Å². The molecule has 46 heavy (non-hydrogen) atoms. The maximum atomic E-state index is 14.3. The molecule has 0 saturated carbocycles. The van der Waals surface area contributed by atoms with Crippen LogP contribution in [0.4, 0.5) is 5.69 Å². The Labute approximate surface area is 272 Å². The van der Waals surface area contributed by atoms with E-state index < -0.39 is 22.2 Å². The molecule has 248 valence electrons. The minimum Gasteiger partial charge on any atom is -0.490 e. The predicted octanol–water partition coefficient (Wildman–Crippen LogP) is 5.06. The summed E-state index contributed by atoms with van der Waals surface area (Å²) in [4.78, 5) is 29.0. The van der Waals surface area contributed by atoms with Crippen molar-refractivity contribution in [2.24, 2.45) is 5.92 Å². The largest absolute Gasteiger partial charge is 0.490 e. The molecule has 0 unspecified atom stereocenters. The molecule has 2 N–H and O–H groups in total. The number of hydrogen-bond donors (Lipinski definition) is 2. The van der Waals surface area contributed by atoms with Crippen molar-refractivity contribution in [2.75, 3.05) is 38.7 Å². The van der Waals surface area contributed by atoms with Crippen LogP contribution in [0.2, 0.25) is 0 Å². The highest BCUT2D eigenvalue weighted by molar-refractivity contribution is 7.89. The van der Waals surface area contributed by atoms with Crippen LogP contribution in [-0.4, -0.2) is 86.1 Å². The first-order valence-electron chi connectivity index (χ1n) is 15.7. The third-order valence-electron chi connectivity index (χ3n) is 8.23. The van der Waals surface area contributed by atoms with E-state index in [-0.39, 0.29) is 54.0 Å². The van der Waals surface area contributed by atoms with Gasteiger partial charge in [0.1, 0.15) is 5.75 Å². The Morgan fingerprint density at radius 2 is 1.72 bits per heavy atom. The van der Waals surface area contributed by atoms with E-state index in [1.807, 2.05) is 19.9 Å². The predicted molar refractivity (Wildman–Crippen MR) is 178 cm³/mol. The molecule has 1 aliphatic rings. The molecule has 0 aliphatic carbocycles. The minimum atomic E-state index is -3.77. The molecule has 2 amide bonds. The average Bonchev–Trinajstić information content (AvgIpc) is 3.06. The third-order valence-corrected chi connectivity index (χ3v) is 10.1. The molecule has 0 spiro atoms. The van der Waals surface area contributed by atoms with E-state index in [0.29, 0.717) is 30.0 Å². The van der Waals surface area contributed by atoms with Gasteiger partial charge in [-0.15, -0.1) is 0 Å². The van der Waals surface area contributed by atoms with Crippen LogP contribution in [0.25, 0.3) is 0 Å². The summed E-state index contributed by atoms with van der Waals surface area (Å²) >= 11 is 0. The molecule has 4 atom stereocenters. The highest BCUT2D eigenvalue weighted by Gasteiger charge is 2.32. The number of likely N-dealkylation sites (N-methyl/N-ethyl adjacent to an activating group) is 1. The SMILES string of the molecule is C[C@@H]1CCCCO[C@@H](CN(C)S(=O)(=O)c2ccccc2)[C@@H](C)CN([C@H](C)CO)C(=O)c2cc(NC(=O)c3ccccc3)ccc2O1. The Morgan fingerprint density at radius 1 is 1.04 bits per heavy atom. The van der Waals surface area contributed by atoms with E-state index >= 15 is 0 Å².